The van der Waals surface area contributed by atoms with Crippen molar-refractivity contribution in [2.75, 3.05) is 0 Å². The summed E-state index contributed by atoms with van der Waals surface area (Å²) in [5.74, 6) is -0.0152. The van der Waals surface area contributed by atoms with Gasteiger partial charge in [-0.15, -0.1) is 10.2 Å². The molecule has 0 atom stereocenters. The Labute approximate surface area is 140 Å². The van der Waals surface area contributed by atoms with Gasteiger partial charge in [-0.05, 0) is 17.7 Å². The minimum atomic E-state index is -0.299. The van der Waals surface area contributed by atoms with E-state index in [1.807, 2.05) is 0 Å². The summed E-state index contributed by atoms with van der Waals surface area (Å²) in [6.45, 7) is 3.79. The van der Waals surface area contributed by atoms with Crippen LogP contribution in [0.4, 0.5) is 4.39 Å². The van der Waals surface area contributed by atoms with Crippen LogP contribution in [0.15, 0.2) is 40.5 Å². The SMILES string of the molecule is C=C(c1ccc(F)cc1)c1nnc(S)o1.[KH]. The molecule has 1 aromatic carbocycles. The Morgan fingerprint density at radius 2 is 1.88 bits per heavy atom. The molecular formula is C10H8FKN2OS. The zero-order chi connectivity index (χ0) is 10.8. The van der Waals surface area contributed by atoms with Crippen molar-refractivity contribution >= 4 is 69.6 Å². The number of halogens is 1. The van der Waals surface area contributed by atoms with Gasteiger partial charge < -0.3 is 4.42 Å². The number of hydrogen-bond donors (Lipinski definition) is 1. The van der Waals surface area contributed by atoms with Gasteiger partial charge in [-0.3, -0.25) is 0 Å². The summed E-state index contributed by atoms with van der Waals surface area (Å²) < 4.78 is 17.7. The molecular weight excluding hydrogens is 254 g/mol. The van der Waals surface area contributed by atoms with Crippen LogP contribution in [0.25, 0.3) is 5.57 Å². The molecule has 2 rings (SSSR count). The molecule has 1 heterocycles. The summed E-state index contributed by atoms with van der Waals surface area (Å²) in [5.41, 5.74) is 1.27. The molecule has 78 valence electrons. The summed E-state index contributed by atoms with van der Waals surface area (Å²) >= 11 is 3.89. The van der Waals surface area contributed by atoms with E-state index in [9.17, 15) is 4.39 Å². The molecule has 0 saturated carbocycles. The fourth-order valence-electron chi connectivity index (χ4n) is 1.11. The Balaban J connectivity index is 0.00000128. The minimum absolute atomic E-state index is 0. The van der Waals surface area contributed by atoms with Crippen LogP contribution < -0.4 is 0 Å². The third-order valence-electron chi connectivity index (χ3n) is 1.87. The van der Waals surface area contributed by atoms with Crippen molar-refractivity contribution in [1.29, 1.82) is 0 Å². The molecule has 0 bridgehead atoms. The first kappa shape index (κ1) is 14.1. The van der Waals surface area contributed by atoms with Crippen molar-refractivity contribution in [3.05, 3.63) is 48.1 Å². The first-order valence-corrected chi connectivity index (χ1v) is 4.59. The molecule has 0 aliphatic rings. The third kappa shape index (κ3) is 3.25. The van der Waals surface area contributed by atoms with Crippen LogP contribution in [0.2, 0.25) is 0 Å². The molecule has 0 amide bonds. The topological polar surface area (TPSA) is 38.9 Å². The predicted molar refractivity (Wildman–Crippen MR) is 63.2 cm³/mol. The van der Waals surface area contributed by atoms with Crippen LogP contribution >= 0.6 is 12.6 Å². The molecule has 2 aromatic rings. The number of rotatable bonds is 2. The number of nitrogens with zero attached hydrogens (tertiary/aromatic N) is 2. The fraction of sp³-hybridized carbons (Fsp3) is 0. The maximum absolute atomic E-state index is 12.7. The van der Waals surface area contributed by atoms with Gasteiger partial charge in [0.05, 0.1) is 0 Å². The van der Waals surface area contributed by atoms with E-state index in [2.05, 4.69) is 29.4 Å². The van der Waals surface area contributed by atoms with Crippen molar-refractivity contribution in [3.8, 4) is 0 Å². The zero-order valence-electron chi connectivity index (χ0n) is 7.64. The number of thiol groups is 1. The standard InChI is InChI=1S/C10H7FN2OS.K.H/c1-6(9-12-13-10(15)14-9)7-2-4-8(11)5-3-7;;/h2-5H,1H2,(H,13,15);;. The van der Waals surface area contributed by atoms with Gasteiger partial charge in [0.25, 0.3) is 5.22 Å². The number of hydrogen-bond acceptors (Lipinski definition) is 4. The third-order valence-corrected chi connectivity index (χ3v) is 2.05. The fourth-order valence-corrected chi connectivity index (χ4v) is 1.24. The van der Waals surface area contributed by atoms with E-state index < -0.39 is 0 Å². The zero-order valence-corrected chi connectivity index (χ0v) is 8.54. The van der Waals surface area contributed by atoms with Crippen LogP contribution in [-0.4, -0.2) is 61.6 Å². The average Bonchev–Trinajstić information content (AvgIpc) is 2.65. The van der Waals surface area contributed by atoms with Gasteiger partial charge in [-0.1, -0.05) is 31.3 Å². The molecule has 0 unspecified atom stereocenters. The summed E-state index contributed by atoms with van der Waals surface area (Å²) in [6.07, 6.45) is 0. The van der Waals surface area contributed by atoms with Crippen LogP contribution in [0.3, 0.4) is 0 Å². The molecule has 6 heteroatoms. The molecule has 0 aliphatic carbocycles. The molecule has 0 radical (unpaired) electrons. The van der Waals surface area contributed by atoms with Gasteiger partial charge in [-0.25, -0.2) is 4.39 Å². The number of benzene rings is 1. The van der Waals surface area contributed by atoms with Crippen molar-refractivity contribution in [2.45, 2.75) is 5.22 Å². The predicted octanol–water partition coefficient (Wildman–Crippen LogP) is 1.91. The van der Waals surface area contributed by atoms with E-state index in [-0.39, 0.29) is 68.3 Å². The van der Waals surface area contributed by atoms with Crippen LogP contribution in [0, 0.1) is 5.82 Å². The van der Waals surface area contributed by atoms with Gasteiger partial charge in [0.2, 0.25) is 5.89 Å². The Hall–Kier alpha value is 0.0164. The van der Waals surface area contributed by atoms with Gasteiger partial charge in [0.1, 0.15) is 5.82 Å². The van der Waals surface area contributed by atoms with E-state index in [4.69, 9.17) is 4.42 Å². The first-order valence-electron chi connectivity index (χ1n) is 4.14. The van der Waals surface area contributed by atoms with E-state index in [0.717, 1.165) is 5.56 Å². The summed E-state index contributed by atoms with van der Waals surface area (Å²) in [4.78, 5) is 0. The van der Waals surface area contributed by atoms with Gasteiger partial charge in [0.15, 0.2) is 0 Å². The van der Waals surface area contributed by atoms with E-state index in [0.29, 0.717) is 5.57 Å². The Morgan fingerprint density at radius 3 is 2.38 bits per heavy atom. The van der Waals surface area contributed by atoms with Crippen molar-refractivity contribution in [1.82, 2.24) is 10.2 Å². The molecule has 16 heavy (non-hydrogen) atoms. The van der Waals surface area contributed by atoms with E-state index in [1.165, 1.54) is 12.1 Å². The van der Waals surface area contributed by atoms with Crippen molar-refractivity contribution < 1.29 is 8.81 Å². The number of aromatic nitrogens is 2. The average molecular weight is 262 g/mol. The van der Waals surface area contributed by atoms with Gasteiger partial charge in [0, 0.05) is 5.57 Å². The Kier molecular flexibility index (Phi) is 5.36. The van der Waals surface area contributed by atoms with Crippen molar-refractivity contribution in [2.24, 2.45) is 0 Å². The molecule has 0 spiro atoms. The quantitative estimate of drug-likeness (QED) is 0.664. The van der Waals surface area contributed by atoms with Gasteiger partial charge >= 0.3 is 51.4 Å². The molecule has 1 aromatic heterocycles. The molecule has 3 nitrogen and oxygen atoms in total. The van der Waals surface area contributed by atoms with Crippen LogP contribution in [-0.2, 0) is 0 Å². The molecule has 0 saturated heterocycles. The molecule has 0 aliphatic heterocycles. The normalized spacial score (nSPS) is 9.62. The molecule has 0 fully saturated rings. The van der Waals surface area contributed by atoms with E-state index >= 15 is 0 Å². The second-order valence-electron chi connectivity index (χ2n) is 2.88. The van der Waals surface area contributed by atoms with Gasteiger partial charge in [-0.2, -0.15) is 0 Å². The van der Waals surface area contributed by atoms with E-state index in [1.54, 1.807) is 12.1 Å². The first-order chi connectivity index (χ1) is 7.16. The van der Waals surface area contributed by atoms with Crippen molar-refractivity contribution in [3.63, 3.8) is 0 Å². The molecule has 0 N–H and O–H groups in total. The second kappa shape index (κ2) is 6.09. The second-order valence-corrected chi connectivity index (χ2v) is 3.26. The summed E-state index contributed by atoms with van der Waals surface area (Å²) in [7, 11) is 0. The monoisotopic (exact) mass is 262 g/mol. The van der Waals surface area contributed by atoms with Crippen LogP contribution in [0.1, 0.15) is 11.5 Å². The van der Waals surface area contributed by atoms with Crippen LogP contribution in [0.5, 0.6) is 0 Å². The summed E-state index contributed by atoms with van der Waals surface area (Å²) in [6, 6.07) is 5.89. The maximum atomic E-state index is 12.7. The summed E-state index contributed by atoms with van der Waals surface area (Å²) in [5, 5.41) is 7.50. The Bertz CT molecular complexity index is 498. The Morgan fingerprint density at radius 1 is 1.25 bits per heavy atom.